The lowest BCUT2D eigenvalue weighted by molar-refractivity contribution is 0.173. The van der Waals surface area contributed by atoms with E-state index in [0.29, 0.717) is 12.7 Å². The Balaban J connectivity index is 1.41. The lowest BCUT2D eigenvalue weighted by Crippen LogP contribution is -2.47. The molecule has 1 fully saturated rings. The fraction of sp³-hybridized carbons (Fsp3) is 0.412. The minimum Gasteiger partial charge on any atom is -0.454 e. The molecule has 0 amide bonds. The van der Waals surface area contributed by atoms with Crippen LogP contribution in [0.1, 0.15) is 18.5 Å². The van der Waals surface area contributed by atoms with Crippen LogP contribution < -0.4 is 14.4 Å². The third kappa shape index (κ3) is 2.87. The second-order valence-corrected chi connectivity index (χ2v) is 6.01. The molecule has 1 atom stereocenters. The first kappa shape index (κ1) is 15.1. The summed E-state index contributed by atoms with van der Waals surface area (Å²) in [5, 5.41) is 0. The molecule has 2 aromatic rings. The molecule has 0 N–H and O–H groups in total. The van der Waals surface area contributed by atoms with E-state index in [1.54, 1.807) is 0 Å². The maximum atomic E-state index is 12.9. The molecule has 0 bridgehead atoms. The molecule has 3 heterocycles. The van der Waals surface area contributed by atoms with Crippen LogP contribution in [-0.2, 0) is 0 Å². The van der Waals surface area contributed by atoms with Crippen molar-refractivity contribution < 1.29 is 13.9 Å². The van der Waals surface area contributed by atoms with Gasteiger partial charge in [0.05, 0.1) is 12.4 Å². The number of ether oxygens (including phenoxy) is 2. The summed E-state index contributed by atoms with van der Waals surface area (Å²) in [6.07, 6.45) is 2.42. The van der Waals surface area contributed by atoms with Gasteiger partial charge in [-0.25, -0.2) is 14.4 Å². The summed E-state index contributed by atoms with van der Waals surface area (Å²) < 4.78 is 23.8. The third-order valence-corrected chi connectivity index (χ3v) is 4.63. The van der Waals surface area contributed by atoms with E-state index in [-0.39, 0.29) is 6.04 Å². The van der Waals surface area contributed by atoms with Crippen LogP contribution in [0.3, 0.4) is 0 Å². The monoisotopic (exact) mass is 330 g/mol. The maximum absolute atomic E-state index is 12.9. The normalized spacial score (nSPS) is 18.7. The topological polar surface area (TPSA) is 50.7 Å². The summed E-state index contributed by atoms with van der Waals surface area (Å²) in [6.45, 7) is 5.93. The average Bonchev–Trinajstić information content (AvgIpc) is 3.09. The molecule has 0 aliphatic carbocycles. The van der Waals surface area contributed by atoms with E-state index < -0.39 is 5.82 Å². The van der Waals surface area contributed by atoms with E-state index in [1.165, 1.54) is 18.0 Å². The van der Waals surface area contributed by atoms with Gasteiger partial charge in [0.25, 0.3) is 0 Å². The van der Waals surface area contributed by atoms with Gasteiger partial charge in [-0.1, -0.05) is 6.07 Å². The lowest BCUT2D eigenvalue weighted by atomic mass is 10.1. The molecule has 0 saturated carbocycles. The Morgan fingerprint density at radius 2 is 1.75 bits per heavy atom. The van der Waals surface area contributed by atoms with E-state index in [4.69, 9.17) is 9.47 Å². The van der Waals surface area contributed by atoms with Crippen molar-refractivity contribution in [2.45, 2.75) is 13.0 Å². The number of benzene rings is 1. The van der Waals surface area contributed by atoms with E-state index in [2.05, 4.69) is 38.8 Å². The average molecular weight is 330 g/mol. The zero-order valence-electron chi connectivity index (χ0n) is 13.5. The quantitative estimate of drug-likeness (QED) is 0.860. The molecule has 4 rings (SSSR count). The van der Waals surface area contributed by atoms with Crippen LogP contribution in [0.25, 0.3) is 0 Å². The van der Waals surface area contributed by atoms with Crippen LogP contribution in [-0.4, -0.2) is 47.8 Å². The second kappa shape index (κ2) is 6.24. The largest absolute Gasteiger partial charge is 0.454 e. The number of aromatic nitrogens is 2. The standard InChI is InChI=1S/C17H19FN4O2/c1-12(13-2-3-15-16(8-13)24-11-23-15)21-4-6-22(7-5-21)17-19-9-14(18)10-20-17/h2-3,8-10,12H,4-7,11H2,1H3/t12-/m0/s1. The number of hydrogen-bond acceptors (Lipinski definition) is 6. The van der Waals surface area contributed by atoms with Crippen LogP contribution in [0.2, 0.25) is 0 Å². The smallest absolute Gasteiger partial charge is 0.231 e. The number of fused-ring (bicyclic) bond motifs is 1. The van der Waals surface area contributed by atoms with Crippen LogP contribution in [0, 0.1) is 5.82 Å². The molecule has 2 aliphatic rings. The Morgan fingerprint density at radius 3 is 2.50 bits per heavy atom. The van der Waals surface area contributed by atoms with E-state index in [9.17, 15) is 4.39 Å². The van der Waals surface area contributed by atoms with Gasteiger partial charge >= 0.3 is 0 Å². The van der Waals surface area contributed by atoms with Gasteiger partial charge in [-0.15, -0.1) is 0 Å². The molecule has 1 saturated heterocycles. The highest BCUT2D eigenvalue weighted by Gasteiger charge is 2.24. The van der Waals surface area contributed by atoms with Crippen molar-refractivity contribution >= 4 is 5.95 Å². The molecule has 7 heteroatoms. The summed E-state index contributed by atoms with van der Waals surface area (Å²) in [7, 11) is 0. The summed E-state index contributed by atoms with van der Waals surface area (Å²) in [6, 6.07) is 6.41. The number of piperazine rings is 1. The molecular formula is C17H19FN4O2. The van der Waals surface area contributed by atoms with Crippen LogP contribution in [0.5, 0.6) is 11.5 Å². The predicted molar refractivity (Wildman–Crippen MR) is 86.8 cm³/mol. The molecule has 1 aromatic heterocycles. The van der Waals surface area contributed by atoms with Gasteiger partial charge in [0.1, 0.15) is 0 Å². The molecule has 0 unspecified atom stereocenters. The molecule has 1 aromatic carbocycles. The fourth-order valence-electron chi connectivity index (χ4n) is 3.16. The zero-order chi connectivity index (χ0) is 16.5. The van der Waals surface area contributed by atoms with Crippen molar-refractivity contribution in [3.05, 3.63) is 42.0 Å². The Hall–Kier alpha value is -2.41. The van der Waals surface area contributed by atoms with Gasteiger partial charge in [-0.2, -0.15) is 0 Å². The van der Waals surface area contributed by atoms with Crippen molar-refractivity contribution in [3.63, 3.8) is 0 Å². The number of anilines is 1. The molecule has 0 spiro atoms. The molecule has 24 heavy (non-hydrogen) atoms. The maximum Gasteiger partial charge on any atom is 0.231 e. The van der Waals surface area contributed by atoms with Crippen molar-refractivity contribution in [1.82, 2.24) is 14.9 Å². The van der Waals surface area contributed by atoms with Crippen molar-refractivity contribution in [3.8, 4) is 11.5 Å². The summed E-state index contributed by atoms with van der Waals surface area (Å²) in [4.78, 5) is 12.6. The van der Waals surface area contributed by atoms with Gasteiger partial charge in [0.2, 0.25) is 12.7 Å². The second-order valence-electron chi connectivity index (χ2n) is 6.01. The molecular weight excluding hydrogens is 311 g/mol. The molecule has 2 aliphatic heterocycles. The summed E-state index contributed by atoms with van der Waals surface area (Å²) in [5.74, 6) is 1.81. The Morgan fingerprint density at radius 1 is 1.04 bits per heavy atom. The van der Waals surface area contributed by atoms with E-state index in [0.717, 1.165) is 37.7 Å². The number of nitrogens with zero attached hydrogens (tertiary/aromatic N) is 4. The first-order chi connectivity index (χ1) is 11.7. The van der Waals surface area contributed by atoms with Crippen molar-refractivity contribution in [2.75, 3.05) is 37.9 Å². The molecule has 6 nitrogen and oxygen atoms in total. The molecule has 126 valence electrons. The summed E-state index contributed by atoms with van der Waals surface area (Å²) >= 11 is 0. The number of rotatable bonds is 3. The zero-order valence-corrected chi connectivity index (χ0v) is 13.5. The van der Waals surface area contributed by atoms with Crippen LogP contribution in [0.15, 0.2) is 30.6 Å². The Bertz CT molecular complexity index is 717. The minimum atomic E-state index is -0.409. The third-order valence-electron chi connectivity index (χ3n) is 4.63. The highest BCUT2D eigenvalue weighted by Crippen LogP contribution is 2.35. The lowest BCUT2D eigenvalue weighted by Gasteiger charge is -2.38. The van der Waals surface area contributed by atoms with Gasteiger partial charge in [0, 0.05) is 32.2 Å². The highest BCUT2D eigenvalue weighted by atomic mass is 19.1. The van der Waals surface area contributed by atoms with Gasteiger partial charge in [0.15, 0.2) is 17.3 Å². The summed E-state index contributed by atoms with van der Waals surface area (Å²) in [5.41, 5.74) is 1.21. The fourth-order valence-corrected chi connectivity index (χ4v) is 3.16. The first-order valence-corrected chi connectivity index (χ1v) is 8.07. The Kier molecular flexibility index (Phi) is 3.93. The van der Waals surface area contributed by atoms with Crippen LogP contribution >= 0.6 is 0 Å². The number of halogens is 1. The van der Waals surface area contributed by atoms with E-state index in [1.807, 2.05) is 6.07 Å². The highest BCUT2D eigenvalue weighted by molar-refractivity contribution is 5.45. The molecule has 0 radical (unpaired) electrons. The predicted octanol–water partition coefficient (Wildman–Crippen LogP) is 2.23. The number of hydrogen-bond donors (Lipinski definition) is 0. The SMILES string of the molecule is C[C@@H](c1ccc2c(c1)OCO2)N1CCN(c2ncc(F)cn2)CC1. The van der Waals surface area contributed by atoms with Gasteiger partial charge < -0.3 is 14.4 Å². The minimum absolute atomic E-state index is 0.288. The Labute approximate surface area is 139 Å². The first-order valence-electron chi connectivity index (χ1n) is 8.07. The van der Waals surface area contributed by atoms with Crippen molar-refractivity contribution in [1.29, 1.82) is 0 Å². The van der Waals surface area contributed by atoms with Crippen LogP contribution in [0.4, 0.5) is 10.3 Å². The van der Waals surface area contributed by atoms with Crippen molar-refractivity contribution in [2.24, 2.45) is 0 Å². The van der Waals surface area contributed by atoms with E-state index >= 15 is 0 Å². The van der Waals surface area contributed by atoms with Gasteiger partial charge in [-0.05, 0) is 24.6 Å². The van der Waals surface area contributed by atoms with Gasteiger partial charge in [-0.3, -0.25) is 4.90 Å².